The maximum Gasteiger partial charge on any atom is 0.188 e. The molecule has 1 heterocycles. The Labute approximate surface area is 108 Å². The van der Waals surface area contributed by atoms with E-state index in [1.807, 2.05) is 18.2 Å². The second kappa shape index (κ2) is 6.83. The van der Waals surface area contributed by atoms with E-state index in [0.29, 0.717) is 18.5 Å². The van der Waals surface area contributed by atoms with Gasteiger partial charge in [-0.15, -0.1) is 0 Å². The number of nitrogens with zero attached hydrogens (tertiary/aromatic N) is 2. The van der Waals surface area contributed by atoms with E-state index in [9.17, 15) is 0 Å². The average Bonchev–Trinajstić information content (AvgIpc) is 2.89. The van der Waals surface area contributed by atoms with Gasteiger partial charge in [-0.05, 0) is 25.0 Å². The number of aliphatic imine (C=N–C) groups is 1. The van der Waals surface area contributed by atoms with E-state index in [-0.39, 0.29) is 0 Å². The van der Waals surface area contributed by atoms with Crippen LogP contribution in [0.25, 0.3) is 0 Å². The van der Waals surface area contributed by atoms with E-state index in [1.54, 1.807) is 6.20 Å². The first-order valence-electron chi connectivity index (χ1n) is 6.56. The largest absolute Gasteiger partial charge is 0.370 e. The standard InChI is InChI=1S/C13H21N5/c14-13(18-11-5-1-2-6-11)17-10-9-16-12-7-3-4-8-15-12/h3-4,7-8,11H,1-2,5-6,9-10H2,(H,15,16)(H3,14,17,18). The maximum atomic E-state index is 5.83. The van der Waals surface area contributed by atoms with Gasteiger partial charge in [0, 0.05) is 18.8 Å². The number of hydrogen-bond donors (Lipinski definition) is 3. The molecule has 0 unspecified atom stereocenters. The summed E-state index contributed by atoms with van der Waals surface area (Å²) in [4.78, 5) is 8.47. The molecule has 1 fully saturated rings. The summed E-state index contributed by atoms with van der Waals surface area (Å²) < 4.78 is 0. The number of aromatic nitrogens is 1. The Hall–Kier alpha value is -1.78. The lowest BCUT2D eigenvalue weighted by Gasteiger charge is -2.12. The molecule has 1 saturated carbocycles. The molecule has 0 atom stereocenters. The highest BCUT2D eigenvalue weighted by Gasteiger charge is 2.14. The van der Waals surface area contributed by atoms with E-state index in [0.717, 1.165) is 12.4 Å². The van der Waals surface area contributed by atoms with Crippen molar-refractivity contribution in [1.82, 2.24) is 10.3 Å². The second-order valence-electron chi connectivity index (χ2n) is 4.53. The zero-order valence-electron chi connectivity index (χ0n) is 10.6. The molecule has 0 saturated heterocycles. The van der Waals surface area contributed by atoms with Crippen LogP contribution >= 0.6 is 0 Å². The highest BCUT2D eigenvalue weighted by atomic mass is 15.1. The molecule has 0 radical (unpaired) electrons. The molecule has 1 aromatic heterocycles. The van der Waals surface area contributed by atoms with Crippen molar-refractivity contribution < 1.29 is 0 Å². The van der Waals surface area contributed by atoms with E-state index in [2.05, 4.69) is 20.6 Å². The van der Waals surface area contributed by atoms with Crippen LogP contribution in [0.3, 0.4) is 0 Å². The van der Waals surface area contributed by atoms with Crippen molar-refractivity contribution in [3.8, 4) is 0 Å². The molecule has 0 bridgehead atoms. The molecule has 0 amide bonds. The van der Waals surface area contributed by atoms with Gasteiger partial charge < -0.3 is 16.4 Å². The molecule has 0 spiro atoms. The predicted molar refractivity (Wildman–Crippen MR) is 74.6 cm³/mol. The van der Waals surface area contributed by atoms with Gasteiger partial charge in [0.15, 0.2) is 5.96 Å². The number of hydrogen-bond acceptors (Lipinski definition) is 3. The maximum absolute atomic E-state index is 5.83. The molecule has 1 aliphatic carbocycles. The van der Waals surface area contributed by atoms with Crippen molar-refractivity contribution in [2.45, 2.75) is 31.7 Å². The summed E-state index contributed by atoms with van der Waals surface area (Å²) in [5.41, 5.74) is 5.83. The fraction of sp³-hybridized carbons (Fsp3) is 0.538. The quantitative estimate of drug-likeness (QED) is 0.417. The van der Waals surface area contributed by atoms with Gasteiger partial charge in [0.25, 0.3) is 0 Å². The lowest BCUT2D eigenvalue weighted by atomic mass is 10.2. The van der Waals surface area contributed by atoms with Crippen LogP contribution in [0.15, 0.2) is 29.4 Å². The molecular formula is C13H21N5. The molecule has 98 valence electrons. The summed E-state index contributed by atoms with van der Waals surface area (Å²) in [6.07, 6.45) is 6.78. The topological polar surface area (TPSA) is 75.3 Å². The molecule has 4 N–H and O–H groups in total. The lowest BCUT2D eigenvalue weighted by molar-refractivity contribution is 0.625. The van der Waals surface area contributed by atoms with Crippen molar-refractivity contribution in [3.63, 3.8) is 0 Å². The summed E-state index contributed by atoms with van der Waals surface area (Å²) in [6, 6.07) is 6.31. The fourth-order valence-electron chi connectivity index (χ4n) is 2.15. The first kappa shape index (κ1) is 12.7. The molecule has 0 aliphatic heterocycles. The van der Waals surface area contributed by atoms with Crippen molar-refractivity contribution in [3.05, 3.63) is 24.4 Å². The Kier molecular flexibility index (Phi) is 4.81. The van der Waals surface area contributed by atoms with Gasteiger partial charge in [0.1, 0.15) is 5.82 Å². The van der Waals surface area contributed by atoms with E-state index >= 15 is 0 Å². The zero-order chi connectivity index (χ0) is 12.6. The van der Waals surface area contributed by atoms with E-state index in [4.69, 9.17) is 5.73 Å². The first-order chi connectivity index (χ1) is 8.84. The summed E-state index contributed by atoms with van der Waals surface area (Å²) in [6.45, 7) is 1.40. The van der Waals surface area contributed by atoms with Crippen LogP contribution in [0.4, 0.5) is 5.82 Å². The minimum atomic E-state index is 0.525. The Balaban J connectivity index is 1.64. The van der Waals surface area contributed by atoms with Crippen LogP contribution in [0.2, 0.25) is 0 Å². The summed E-state index contributed by atoms with van der Waals surface area (Å²) in [7, 11) is 0. The zero-order valence-corrected chi connectivity index (χ0v) is 10.6. The van der Waals surface area contributed by atoms with Gasteiger partial charge in [-0.1, -0.05) is 18.9 Å². The number of pyridine rings is 1. The van der Waals surface area contributed by atoms with E-state index in [1.165, 1.54) is 25.7 Å². The lowest BCUT2D eigenvalue weighted by Crippen LogP contribution is -2.38. The van der Waals surface area contributed by atoms with Crippen LogP contribution in [-0.2, 0) is 0 Å². The van der Waals surface area contributed by atoms with Crippen molar-refractivity contribution in [2.75, 3.05) is 18.4 Å². The normalized spacial score (nSPS) is 16.8. The van der Waals surface area contributed by atoms with Crippen molar-refractivity contribution >= 4 is 11.8 Å². The monoisotopic (exact) mass is 247 g/mol. The summed E-state index contributed by atoms with van der Waals surface area (Å²) in [5, 5.41) is 6.45. The molecule has 2 rings (SSSR count). The SMILES string of the molecule is NC(=NCCNc1ccccn1)NC1CCCC1. The fourth-order valence-corrected chi connectivity index (χ4v) is 2.15. The van der Waals surface area contributed by atoms with Crippen LogP contribution in [0, 0.1) is 0 Å². The van der Waals surface area contributed by atoms with Crippen LogP contribution in [0.1, 0.15) is 25.7 Å². The number of nitrogens with two attached hydrogens (primary N) is 1. The Morgan fingerprint density at radius 3 is 2.94 bits per heavy atom. The minimum Gasteiger partial charge on any atom is -0.370 e. The second-order valence-corrected chi connectivity index (χ2v) is 4.53. The summed E-state index contributed by atoms with van der Waals surface area (Å²) >= 11 is 0. The van der Waals surface area contributed by atoms with Gasteiger partial charge in [0.2, 0.25) is 0 Å². The number of rotatable bonds is 5. The number of anilines is 1. The van der Waals surface area contributed by atoms with Crippen LogP contribution in [0.5, 0.6) is 0 Å². The molecule has 18 heavy (non-hydrogen) atoms. The van der Waals surface area contributed by atoms with Gasteiger partial charge >= 0.3 is 0 Å². The van der Waals surface area contributed by atoms with Gasteiger partial charge in [0.05, 0.1) is 6.54 Å². The van der Waals surface area contributed by atoms with Crippen LogP contribution in [-0.4, -0.2) is 30.1 Å². The molecule has 1 aliphatic rings. The molecule has 1 aromatic rings. The third kappa shape index (κ3) is 4.24. The third-order valence-electron chi connectivity index (χ3n) is 3.07. The summed E-state index contributed by atoms with van der Waals surface area (Å²) in [5.74, 6) is 1.43. The first-order valence-corrected chi connectivity index (χ1v) is 6.56. The number of nitrogens with one attached hydrogen (secondary N) is 2. The van der Waals surface area contributed by atoms with Crippen molar-refractivity contribution in [1.29, 1.82) is 0 Å². The van der Waals surface area contributed by atoms with Crippen LogP contribution < -0.4 is 16.4 Å². The highest BCUT2D eigenvalue weighted by Crippen LogP contribution is 2.17. The Morgan fingerprint density at radius 1 is 1.39 bits per heavy atom. The molecule has 0 aromatic carbocycles. The molecule has 5 nitrogen and oxygen atoms in total. The Bertz CT molecular complexity index is 370. The smallest absolute Gasteiger partial charge is 0.188 e. The highest BCUT2D eigenvalue weighted by molar-refractivity contribution is 5.78. The third-order valence-corrected chi connectivity index (χ3v) is 3.07. The molecule has 5 heteroatoms. The van der Waals surface area contributed by atoms with Crippen molar-refractivity contribution in [2.24, 2.45) is 10.7 Å². The van der Waals surface area contributed by atoms with Gasteiger partial charge in [-0.3, -0.25) is 4.99 Å². The van der Waals surface area contributed by atoms with Gasteiger partial charge in [-0.25, -0.2) is 4.98 Å². The van der Waals surface area contributed by atoms with E-state index < -0.39 is 0 Å². The Morgan fingerprint density at radius 2 is 2.22 bits per heavy atom. The average molecular weight is 247 g/mol. The number of guanidine groups is 1. The minimum absolute atomic E-state index is 0.525. The van der Waals surface area contributed by atoms with Gasteiger partial charge in [-0.2, -0.15) is 0 Å². The molecular weight excluding hydrogens is 226 g/mol. The predicted octanol–water partition coefficient (Wildman–Crippen LogP) is 1.34.